The zero-order valence-electron chi connectivity index (χ0n) is 18.3. The Morgan fingerprint density at radius 2 is 1.78 bits per heavy atom. The Labute approximate surface area is 194 Å². The van der Waals surface area contributed by atoms with Gasteiger partial charge in [0.25, 0.3) is 0 Å². The Bertz CT molecular complexity index is 1040. The summed E-state index contributed by atoms with van der Waals surface area (Å²) in [5, 5.41) is 11.1. The van der Waals surface area contributed by atoms with E-state index in [0.717, 1.165) is 17.2 Å². The quantitative estimate of drug-likeness (QED) is 0.106. The summed E-state index contributed by atoms with van der Waals surface area (Å²) in [6.07, 6.45) is 0.355. The molecule has 11 heteroatoms. The fourth-order valence-electron chi connectivity index (χ4n) is 2.70. The van der Waals surface area contributed by atoms with Crippen LogP contribution < -0.4 is 21.1 Å². The van der Waals surface area contributed by atoms with Crippen LogP contribution in [-0.2, 0) is 31.2 Å². The third kappa shape index (κ3) is 7.58. The molecule has 2 rings (SSSR count). The minimum atomic E-state index is -1.89. The monoisotopic (exact) mass is 544 g/mol. The molecule has 178 valence electrons. The molecule has 0 fully saturated rings. The van der Waals surface area contributed by atoms with Gasteiger partial charge < -0.3 is 14.9 Å². The first-order valence-corrected chi connectivity index (χ1v) is 10.1. The number of nitrogens with zero attached hydrogens (tertiary/aromatic N) is 2. The van der Waals surface area contributed by atoms with Gasteiger partial charge in [-0.15, -0.1) is 0 Å². The van der Waals surface area contributed by atoms with Gasteiger partial charge in [0.15, 0.2) is 6.30 Å². The maximum atomic E-state index is 13.6. The van der Waals surface area contributed by atoms with E-state index >= 15 is 0 Å². The summed E-state index contributed by atoms with van der Waals surface area (Å²) in [7, 11) is 5.01. The number of pyridine rings is 2. The van der Waals surface area contributed by atoms with Crippen molar-refractivity contribution in [1.29, 1.82) is 5.41 Å². The fourth-order valence-corrected chi connectivity index (χ4v) is 2.70. The predicted octanol–water partition coefficient (Wildman–Crippen LogP) is 1.48. The summed E-state index contributed by atoms with van der Waals surface area (Å²) < 4.78 is 49.5. The summed E-state index contributed by atoms with van der Waals surface area (Å²) in [4.78, 5) is 7.34. The Morgan fingerprint density at radius 1 is 1.19 bits per heavy atom. The van der Waals surface area contributed by atoms with Crippen LogP contribution in [0.5, 0.6) is 0 Å². The Morgan fingerprint density at radius 3 is 2.31 bits per heavy atom. The van der Waals surface area contributed by atoms with Gasteiger partial charge in [-0.1, -0.05) is 18.2 Å². The number of hydrogen-bond donors (Lipinski definition) is 4. The molecule has 0 saturated carbocycles. The van der Waals surface area contributed by atoms with Crippen LogP contribution in [0, 0.1) is 11.6 Å². The average Bonchev–Trinajstić information content (AvgIpc) is 2.77. The first-order valence-electron chi connectivity index (χ1n) is 9.35. The van der Waals surface area contributed by atoms with Crippen LogP contribution >= 0.6 is 0 Å². The Kier molecular flexibility index (Phi) is 10.8. The molecule has 0 aliphatic carbocycles. The van der Waals surface area contributed by atoms with E-state index in [1.165, 1.54) is 7.05 Å². The number of anilines is 1. The van der Waals surface area contributed by atoms with E-state index in [0.29, 0.717) is 5.49 Å². The standard InChI is InChI=1S/C19H25F2N5.C2HF2N.Pd/c1-19(2,14-8-6-10-16(22-3)25-14)15-9-7-11-17(26(15)5)24-12-13(20)18(21)23-4;3-1-2(4)5;/h6-11,18,23-24H,1-5H3,(H,22,25);5H;. The van der Waals surface area contributed by atoms with Crippen LogP contribution in [0.1, 0.15) is 25.2 Å². The molecule has 2 aromatic heterocycles. The fraction of sp³-hybridized carbons (Fsp3) is 0.333. The summed E-state index contributed by atoms with van der Waals surface area (Å²) in [6.45, 7) is 4.12. The Balaban J connectivity index is 0.000000751. The molecule has 0 radical (unpaired) electrons. The van der Waals surface area contributed by atoms with Gasteiger partial charge in [0.1, 0.15) is 11.3 Å². The molecule has 4 N–H and O–H groups in total. The predicted molar refractivity (Wildman–Crippen MR) is 112 cm³/mol. The average molecular weight is 545 g/mol. The van der Waals surface area contributed by atoms with Gasteiger partial charge in [-0.2, -0.15) is 0 Å². The molecule has 0 aliphatic heterocycles. The second-order valence-electron chi connectivity index (χ2n) is 6.93. The van der Waals surface area contributed by atoms with E-state index in [2.05, 4.69) is 40.7 Å². The molecule has 0 aliphatic rings. The molecule has 0 spiro atoms. The summed E-state index contributed by atoms with van der Waals surface area (Å²) in [6, 6.07) is 11.4. The molecule has 0 aromatic carbocycles. The third-order valence-electron chi connectivity index (χ3n) is 4.46. The van der Waals surface area contributed by atoms with Crippen molar-refractivity contribution in [2.75, 3.05) is 19.4 Å². The second-order valence-corrected chi connectivity index (χ2v) is 7.62. The maximum absolute atomic E-state index is 13.6. The molecule has 1 unspecified atom stereocenters. The number of rotatable bonds is 7. The van der Waals surface area contributed by atoms with Crippen LogP contribution in [0.15, 0.2) is 42.2 Å². The van der Waals surface area contributed by atoms with Gasteiger partial charge in [0, 0.05) is 7.05 Å². The minimum absolute atomic E-state index is 0.408. The van der Waals surface area contributed by atoms with Gasteiger partial charge in [-0.05, 0) is 45.3 Å². The van der Waals surface area contributed by atoms with Gasteiger partial charge in [0.2, 0.25) is 0 Å². The number of alkyl halides is 1. The van der Waals surface area contributed by atoms with Crippen molar-refractivity contribution >= 4 is 16.0 Å². The molecular formula is C21H26F4N6Pd. The van der Waals surface area contributed by atoms with Crippen LogP contribution in [-0.4, -0.2) is 40.1 Å². The van der Waals surface area contributed by atoms with E-state index < -0.39 is 27.7 Å². The molecule has 0 amide bonds. The van der Waals surface area contributed by atoms with Gasteiger partial charge in [-0.3, -0.25) is 5.32 Å². The zero-order valence-corrected chi connectivity index (χ0v) is 19.8. The third-order valence-corrected chi connectivity index (χ3v) is 4.80. The van der Waals surface area contributed by atoms with Crippen molar-refractivity contribution in [3.63, 3.8) is 0 Å². The van der Waals surface area contributed by atoms with Gasteiger partial charge in [-0.25, -0.2) is 13.8 Å². The van der Waals surface area contributed by atoms with Crippen LogP contribution in [0.2, 0.25) is 0 Å². The first-order chi connectivity index (χ1) is 14.9. The van der Waals surface area contributed by atoms with E-state index in [-0.39, 0.29) is 0 Å². The van der Waals surface area contributed by atoms with Crippen molar-refractivity contribution in [2.45, 2.75) is 25.6 Å². The normalized spacial score (nSPS) is 13.2. The molecule has 32 heavy (non-hydrogen) atoms. The number of nitrogens with one attached hydrogen (secondary N) is 4. The molecule has 6 nitrogen and oxygen atoms in total. The van der Waals surface area contributed by atoms with E-state index in [1.807, 2.05) is 67.7 Å². The van der Waals surface area contributed by atoms with Crippen molar-refractivity contribution < 1.29 is 41.3 Å². The SMILES string of the molecule is CNc1cccc(C(C)(C)c2cccc(=[NH+][C-]=C(F)C(F)NC)n2C)n1.N=C(F)[C](F)=[Pd]. The van der Waals surface area contributed by atoms with E-state index in [1.54, 1.807) is 6.07 Å². The number of hydrogen-bond acceptors (Lipinski definition) is 4. The van der Waals surface area contributed by atoms with Gasteiger partial charge >= 0.3 is 43.1 Å². The van der Waals surface area contributed by atoms with Crippen molar-refractivity contribution in [1.82, 2.24) is 14.9 Å². The van der Waals surface area contributed by atoms with Crippen LogP contribution in [0.4, 0.5) is 23.4 Å². The summed E-state index contributed by atoms with van der Waals surface area (Å²) >= 11 is 1.85. The van der Waals surface area contributed by atoms with Gasteiger partial charge in [0.05, 0.1) is 29.7 Å². The number of likely N-dealkylation sites (N-methyl/N-ethyl adjacent to an activating group) is 1. The summed E-state index contributed by atoms with van der Waals surface area (Å²) in [5.41, 5.74) is 2.02. The number of halogens is 4. The molecule has 2 heterocycles. The molecular weight excluding hydrogens is 519 g/mol. The van der Waals surface area contributed by atoms with Crippen LogP contribution in [0.25, 0.3) is 0 Å². The Hall–Kier alpha value is -2.48. The zero-order chi connectivity index (χ0) is 24.5. The molecule has 2 aromatic rings. The van der Waals surface area contributed by atoms with Crippen molar-refractivity contribution in [3.8, 4) is 0 Å². The summed E-state index contributed by atoms with van der Waals surface area (Å²) in [5.74, 6) is -1.81. The number of aromatic nitrogens is 2. The van der Waals surface area contributed by atoms with Crippen molar-refractivity contribution in [3.05, 3.63) is 65.3 Å². The van der Waals surface area contributed by atoms with E-state index in [4.69, 9.17) is 5.41 Å². The molecule has 1 atom stereocenters. The van der Waals surface area contributed by atoms with E-state index in [9.17, 15) is 17.6 Å². The van der Waals surface area contributed by atoms with Crippen LogP contribution in [0.3, 0.4) is 0 Å². The second kappa shape index (κ2) is 12.5. The van der Waals surface area contributed by atoms with Crippen molar-refractivity contribution in [2.24, 2.45) is 7.05 Å². The molecule has 0 bridgehead atoms. The molecule has 0 saturated heterocycles. The topological polar surface area (TPSA) is 79.7 Å². The first kappa shape index (κ1) is 27.6.